The minimum atomic E-state index is 1.59. The van der Waals surface area contributed by atoms with Gasteiger partial charge in [0.1, 0.15) is 0 Å². The van der Waals surface area contributed by atoms with Crippen LogP contribution in [0.4, 0.5) is 0 Å². The first-order valence-corrected chi connectivity index (χ1v) is 1.90. The van der Waals surface area contributed by atoms with E-state index in [1.165, 1.54) is 0 Å². The number of hydrogen-bond acceptors (Lipinski definition) is 0. The molecule has 0 aliphatic carbocycles. The highest BCUT2D eigenvalue weighted by Crippen LogP contribution is 1.70. The summed E-state index contributed by atoms with van der Waals surface area (Å²) in [6.07, 6.45) is 0. The van der Waals surface area contributed by atoms with Crippen LogP contribution in [0.15, 0.2) is 5.82 Å². The quantitative estimate of drug-likeness (QED) is 0.391. The van der Waals surface area contributed by atoms with E-state index >= 15 is 0 Å². The maximum Gasteiger partial charge on any atom is -0.0729 e. The van der Waals surface area contributed by atoms with Gasteiger partial charge in [-0.1, -0.05) is 8.86 Å². The second-order valence-corrected chi connectivity index (χ2v) is 0.866. The molecular formula is C2H3P2-. The summed E-state index contributed by atoms with van der Waals surface area (Å²) in [7, 11) is 5.94. The van der Waals surface area contributed by atoms with Gasteiger partial charge in [0.25, 0.3) is 0 Å². The molecule has 0 aromatic carbocycles. The van der Waals surface area contributed by atoms with Crippen molar-refractivity contribution in [2.45, 2.75) is 0 Å². The maximum atomic E-state index is 3.00. The lowest BCUT2D eigenvalue weighted by molar-refractivity contribution is 2.99. The Labute approximate surface area is 30.3 Å². The molecule has 0 fully saturated rings. The molecule has 0 aromatic heterocycles. The van der Waals surface area contributed by atoms with Crippen LogP contribution in [0.1, 0.15) is 0 Å². The maximum absolute atomic E-state index is 3.00. The van der Waals surface area contributed by atoms with E-state index in [4.69, 9.17) is 0 Å². The van der Waals surface area contributed by atoms with Gasteiger partial charge in [0.15, 0.2) is 0 Å². The molecule has 0 saturated carbocycles. The predicted octanol–water partition coefficient (Wildman–Crippen LogP) is 1.19. The summed E-state index contributed by atoms with van der Waals surface area (Å²) in [4.78, 5) is 0. The predicted molar refractivity (Wildman–Crippen MR) is 26.2 cm³/mol. The van der Waals surface area contributed by atoms with Crippen LogP contribution >= 0.6 is 18.1 Å². The third kappa shape index (κ3) is 2.38. The molecule has 0 heterocycles. The van der Waals surface area contributed by atoms with E-state index in [1.54, 1.807) is 5.82 Å². The highest BCUT2D eigenvalue weighted by atomic mass is 31.0. The summed E-state index contributed by atoms with van der Waals surface area (Å²) in [6, 6.07) is 0. The fourth-order valence-corrected chi connectivity index (χ4v) is 0. The van der Waals surface area contributed by atoms with E-state index < -0.39 is 0 Å². The molecule has 0 spiro atoms. The summed E-state index contributed by atoms with van der Waals surface area (Å²) in [5.41, 5.74) is 2.52. The van der Waals surface area contributed by atoms with Gasteiger partial charge in [-0.15, -0.1) is 5.45 Å². The summed E-state index contributed by atoms with van der Waals surface area (Å²) in [5, 5.41) is 0. The summed E-state index contributed by atoms with van der Waals surface area (Å²) < 4.78 is 0. The molecular weight excluding hydrogens is 86.0 g/mol. The minimum absolute atomic E-state index is 1.59. The second-order valence-electron chi connectivity index (χ2n) is 0.289. The molecule has 2 heteroatoms. The molecule has 0 aliphatic heterocycles. The molecule has 0 saturated heterocycles. The Morgan fingerprint density at radius 1 is 2.00 bits per heavy atom. The molecule has 0 N–H and O–H groups in total. The van der Waals surface area contributed by atoms with Gasteiger partial charge in [0.05, 0.1) is 0 Å². The van der Waals surface area contributed by atoms with Gasteiger partial charge in [-0.25, -0.2) is 0 Å². The lowest BCUT2D eigenvalue weighted by Gasteiger charge is -1.59. The molecule has 0 aromatic rings. The average molecular weight is 89.0 g/mol. The van der Waals surface area contributed by atoms with Crippen LogP contribution in [0.5, 0.6) is 0 Å². The Morgan fingerprint density at radius 2 is 2.25 bits per heavy atom. The highest BCUT2D eigenvalue weighted by Gasteiger charge is 1.08. The normalized spacial score (nSPS) is 4.25. The molecule has 0 rings (SSSR count). The van der Waals surface area contributed by atoms with Crippen molar-refractivity contribution in [1.29, 1.82) is 0 Å². The van der Waals surface area contributed by atoms with Crippen LogP contribution in [0.2, 0.25) is 0 Å². The molecule has 0 atom stereocenters. The molecule has 4 heavy (non-hydrogen) atoms. The van der Waals surface area contributed by atoms with Crippen LogP contribution in [-0.2, 0) is 0 Å². The standard InChI is InChI=1S/C2H3P2/c3-1-2-4/h1,3-4H/q-1. The molecule has 22 valence electrons. The Balaban J connectivity index is 3.11. The van der Waals surface area contributed by atoms with E-state index in [0.717, 1.165) is 0 Å². The Bertz CT molecular complexity index is 42.0. The number of rotatable bonds is 0. The van der Waals surface area contributed by atoms with Gasteiger partial charge < -0.3 is 9.24 Å². The Kier molecular flexibility index (Phi) is 3.70. The van der Waals surface area contributed by atoms with Gasteiger partial charge in [0.2, 0.25) is 0 Å². The zero-order valence-electron chi connectivity index (χ0n) is 2.08. The monoisotopic (exact) mass is 89.0 g/mol. The van der Waals surface area contributed by atoms with Crippen molar-refractivity contribution >= 4 is 23.6 Å². The van der Waals surface area contributed by atoms with Crippen molar-refractivity contribution in [3.63, 3.8) is 0 Å². The summed E-state index contributed by atoms with van der Waals surface area (Å²) in [5.74, 6) is 1.59. The molecule has 0 aliphatic rings. The first-order chi connectivity index (χ1) is 1.91. The fraction of sp³-hybridized carbons (Fsp3) is 0. The van der Waals surface area contributed by atoms with Crippen LogP contribution in [-0.4, -0.2) is 5.45 Å². The summed E-state index contributed by atoms with van der Waals surface area (Å²) >= 11 is 0. The second kappa shape index (κ2) is 3.38. The highest BCUT2D eigenvalue weighted by molar-refractivity contribution is 7.25. The third-order valence-electron chi connectivity index (χ3n) is 0.0722. The van der Waals surface area contributed by atoms with Crippen molar-refractivity contribution in [2.75, 3.05) is 0 Å². The third-order valence-corrected chi connectivity index (χ3v) is 0.650. The smallest absolute Gasteiger partial charge is 0.0729 e. The van der Waals surface area contributed by atoms with Crippen LogP contribution in [0.3, 0.4) is 0 Å². The van der Waals surface area contributed by atoms with E-state index in [1.807, 2.05) is 0 Å². The van der Waals surface area contributed by atoms with Gasteiger partial charge in [0, 0.05) is 0 Å². The van der Waals surface area contributed by atoms with E-state index in [9.17, 15) is 0 Å². The van der Waals surface area contributed by atoms with Crippen LogP contribution in [0.25, 0.3) is 0 Å². The van der Waals surface area contributed by atoms with Gasteiger partial charge in [-0.3, -0.25) is 0 Å². The average Bonchev–Trinajstić information content (AvgIpc) is 1.37. The zero-order chi connectivity index (χ0) is 3.41. The Morgan fingerprint density at radius 3 is 2.25 bits per heavy atom. The van der Waals surface area contributed by atoms with Crippen molar-refractivity contribution < 1.29 is 0 Å². The SMILES string of the molecule is P=C=C[PH-]. The molecule has 0 nitrogen and oxygen atoms in total. The lowest BCUT2D eigenvalue weighted by atomic mass is 11.3. The van der Waals surface area contributed by atoms with E-state index in [0.29, 0.717) is 0 Å². The molecule has 0 unspecified atom stereocenters. The van der Waals surface area contributed by atoms with Crippen molar-refractivity contribution in [3.8, 4) is 0 Å². The molecule has 0 radical (unpaired) electrons. The first kappa shape index (κ1) is 4.38. The summed E-state index contributed by atoms with van der Waals surface area (Å²) in [6.45, 7) is 0. The number of hydrogen-bond donors (Lipinski definition) is 0. The van der Waals surface area contributed by atoms with Gasteiger partial charge >= 0.3 is 0 Å². The van der Waals surface area contributed by atoms with Crippen molar-refractivity contribution in [2.24, 2.45) is 0 Å². The van der Waals surface area contributed by atoms with Crippen molar-refractivity contribution in [1.82, 2.24) is 0 Å². The van der Waals surface area contributed by atoms with E-state index in [-0.39, 0.29) is 0 Å². The largest absolute Gasteiger partial charge is 0.524 e. The molecule has 0 amide bonds. The topological polar surface area (TPSA) is 0 Å². The lowest BCUT2D eigenvalue weighted by Crippen LogP contribution is -1.15. The fourth-order valence-electron chi connectivity index (χ4n) is 0. The van der Waals surface area contributed by atoms with E-state index in [2.05, 4.69) is 23.6 Å². The van der Waals surface area contributed by atoms with Crippen molar-refractivity contribution in [3.05, 3.63) is 5.82 Å². The van der Waals surface area contributed by atoms with Crippen LogP contribution < -0.4 is 0 Å². The molecule has 0 bridgehead atoms. The Hall–Kier alpha value is 0.380. The minimum Gasteiger partial charge on any atom is -0.524 e. The van der Waals surface area contributed by atoms with Gasteiger partial charge in [-0.2, -0.15) is 5.82 Å². The zero-order valence-corrected chi connectivity index (χ0v) is 4.08. The van der Waals surface area contributed by atoms with Crippen LogP contribution in [0, 0.1) is 0 Å². The first-order valence-electron chi connectivity index (χ1n) is 0.827. The van der Waals surface area contributed by atoms with Gasteiger partial charge in [-0.05, 0) is 0 Å².